The van der Waals surface area contributed by atoms with E-state index < -0.39 is 41.7 Å². The number of carbonyl (C=O) groups is 1. The van der Waals surface area contributed by atoms with E-state index in [2.05, 4.69) is 15.3 Å². The molecule has 0 radical (unpaired) electrons. The van der Waals surface area contributed by atoms with Crippen molar-refractivity contribution in [2.24, 2.45) is 0 Å². The molecule has 2 amide bonds. The lowest BCUT2D eigenvalue weighted by molar-refractivity contribution is -0.254. The van der Waals surface area contributed by atoms with Crippen LogP contribution in [0.4, 0.5) is 32.6 Å². The fourth-order valence-electron chi connectivity index (χ4n) is 1.93. The molecule has 1 aromatic heterocycles. The van der Waals surface area contributed by atoms with Crippen LogP contribution in [0.15, 0.2) is 30.6 Å². The number of anilines is 1. The van der Waals surface area contributed by atoms with Gasteiger partial charge in [0.05, 0.1) is 18.9 Å². The van der Waals surface area contributed by atoms with Crippen molar-refractivity contribution in [2.75, 3.05) is 18.9 Å². The number of alkyl halides is 3. The summed E-state index contributed by atoms with van der Waals surface area (Å²) in [6, 6.07) is 1.58. The summed E-state index contributed by atoms with van der Waals surface area (Å²) in [6.45, 7) is -0.482. The lowest BCUT2D eigenvalue weighted by Gasteiger charge is -2.30. The molecule has 7 nitrogen and oxygen atoms in total. The third kappa shape index (κ3) is 5.25. The van der Waals surface area contributed by atoms with Gasteiger partial charge in [-0.25, -0.2) is 23.5 Å². The van der Waals surface area contributed by atoms with Crippen LogP contribution in [0.3, 0.4) is 0 Å². The van der Waals surface area contributed by atoms with E-state index in [9.17, 15) is 31.9 Å². The first-order chi connectivity index (χ1) is 12.9. The van der Waals surface area contributed by atoms with Crippen molar-refractivity contribution in [1.82, 2.24) is 14.9 Å². The second-order valence-electron chi connectivity index (χ2n) is 5.97. The minimum atomic E-state index is -4.92. The number of aromatic nitrogens is 2. The van der Waals surface area contributed by atoms with Gasteiger partial charge in [0, 0.05) is 13.1 Å². The second kappa shape index (κ2) is 7.92. The van der Waals surface area contributed by atoms with Crippen LogP contribution in [0, 0.1) is 11.6 Å². The number of urea groups is 1. The normalized spacial score (nSPS) is 13.6. The van der Waals surface area contributed by atoms with Crippen LogP contribution < -0.4 is 10.1 Å². The molecule has 2 aromatic rings. The average Bonchev–Trinajstić information content (AvgIpc) is 2.58. The zero-order valence-electron chi connectivity index (χ0n) is 14.6. The Balaban J connectivity index is 2.00. The van der Waals surface area contributed by atoms with Crippen molar-refractivity contribution in [2.45, 2.75) is 18.7 Å². The Morgan fingerprint density at radius 3 is 2.50 bits per heavy atom. The molecule has 1 aromatic carbocycles. The van der Waals surface area contributed by atoms with Crippen LogP contribution in [0.25, 0.3) is 0 Å². The van der Waals surface area contributed by atoms with E-state index in [0.29, 0.717) is 11.8 Å². The smallest absolute Gasteiger partial charge is 0.418 e. The van der Waals surface area contributed by atoms with Gasteiger partial charge in [-0.1, -0.05) is 0 Å². The maximum Gasteiger partial charge on any atom is 0.418 e. The summed E-state index contributed by atoms with van der Waals surface area (Å²) < 4.78 is 69.6. The van der Waals surface area contributed by atoms with Gasteiger partial charge in [0.15, 0.2) is 23.0 Å². The Hall–Kier alpha value is -3.02. The fraction of sp³-hybridized carbons (Fsp3) is 0.312. The molecular formula is C16H15F5N4O3. The third-order valence-electron chi connectivity index (χ3n) is 3.47. The highest BCUT2D eigenvalue weighted by molar-refractivity contribution is 5.87. The topological polar surface area (TPSA) is 87.6 Å². The van der Waals surface area contributed by atoms with Gasteiger partial charge in [0.25, 0.3) is 0 Å². The molecule has 0 saturated heterocycles. The monoisotopic (exact) mass is 406 g/mol. The Morgan fingerprint density at radius 1 is 1.25 bits per heavy atom. The van der Waals surface area contributed by atoms with Crippen molar-refractivity contribution >= 4 is 11.8 Å². The van der Waals surface area contributed by atoms with E-state index in [0.717, 1.165) is 37.6 Å². The third-order valence-corrected chi connectivity index (χ3v) is 3.47. The van der Waals surface area contributed by atoms with E-state index >= 15 is 0 Å². The maximum absolute atomic E-state index is 13.5. The molecule has 0 spiro atoms. The average molecular weight is 406 g/mol. The number of hydrogen-bond donors (Lipinski definition) is 2. The lowest BCUT2D eigenvalue weighted by atomic mass is 10.1. The molecule has 0 saturated carbocycles. The van der Waals surface area contributed by atoms with E-state index in [-0.39, 0.29) is 11.7 Å². The first-order valence-electron chi connectivity index (χ1n) is 7.65. The van der Waals surface area contributed by atoms with Crippen molar-refractivity contribution in [3.05, 3.63) is 42.2 Å². The molecule has 0 aliphatic carbocycles. The molecule has 0 aliphatic heterocycles. The van der Waals surface area contributed by atoms with Crippen molar-refractivity contribution in [1.29, 1.82) is 0 Å². The van der Waals surface area contributed by atoms with E-state index in [4.69, 9.17) is 4.74 Å². The number of carbonyl (C=O) groups excluding carboxylic acids is 1. The van der Waals surface area contributed by atoms with Gasteiger partial charge >= 0.3 is 12.2 Å². The van der Waals surface area contributed by atoms with Crippen LogP contribution in [0.2, 0.25) is 0 Å². The Bertz CT molecular complexity index is 843. The maximum atomic E-state index is 13.5. The van der Waals surface area contributed by atoms with Crippen LogP contribution in [-0.4, -0.2) is 51.4 Å². The van der Waals surface area contributed by atoms with Gasteiger partial charge in [-0.15, -0.1) is 0 Å². The van der Waals surface area contributed by atoms with Crippen LogP contribution >= 0.6 is 0 Å². The zero-order chi connectivity index (χ0) is 21.1. The number of rotatable bonds is 5. The van der Waals surface area contributed by atoms with Gasteiger partial charge in [-0.05, 0) is 19.1 Å². The molecule has 1 atom stereocenters. The van der Waals surface area contributed by atoms with Crippen molar-refractivity contribution in [3.63, 3.8) is 0 Å². The molecule has 2 rings (SSSR count). The molecule has 1 heterocycles. The first kappa shape index (κ1) is 21.3. The number of aliphatic hydroxyl groups is 1. The van der Waals surface area contributed by atoms with E-state index in [1.807, 2.05) is 0 Å². The lowest BCUT2D eigenvalue weighted by Crippen LogP contribution is -2.52. The van der Waals surface area contributed by atoms with Crippen LogP contribution in [0.1, 0.15) is 6.92 Å². The standard InChI is InChI=1S/C16H15F5N4O3/c1-15(27,16(19,20)21)8-25(2)14(26)24-12-6-23-13(7-22-12)28-11-5-9(17)3-4-10(11)18/h3-7,27H,8H2,1-2H3,(H,22,24,26). The molecule has 0 fully saturated rings. The molecule has 1 unspecified atom stereocenters. The van der Waals surface area contributed by atoms with Gasteiger partial charge in [0.1, 0.15) is 5.82 Å². The number of benzene rings is 1. The predicted octanol–water partition coefficient (Wildman–Crippen LogP) is 3.32. The highest BCUT2D eigenvalue weighted by atomic mass is 19.4. The Morgan fingerprint density at radius 2 is 1.93 bits per heavy atom. The van der Waals surface area contributed by atoms with Gasteiger partial charge in [0.2, 0.25) is 5.88 Å². The minimum Gasteiger partial charge on any atom is -0.434 e. The molecule has 0 aliphatic rings. The summed E-state index contributed by atoms with van der Waals surface area (Å²) in [5.74, 6) is -2.35. The van der Waals surface area contributed by atoms with E-state index in [1.54, 1.807) is 0 Å². The number of amides is 2. The highest BCUT2D eigenvalue weighted by Gasteiger charge is 2.50. The largest absolute Gasteiger partial charge is 0.434 e. The van der Waals surface area contributed by atoms with Crippen LogP contribution in [-0.2, 0) is 0 Å². The van der Waals surface area contributed by atoms with Crippen molar-refractivity contribution < 1.29 is 36.6 Å². The molecular weight excluding hydrogens is 391 g/mol. The molecule has 0 bridgehead atoms. The number of ether oxygens (including phenoxy) is 1. The number of hydrogen-bond acceptors (Lipinski definition) is 5. The number of halogens is 5. The molecule has 28 heavy (non-hydrogen) atoms. The van der Waals surface area contributed by atoms with Gasteiger partial charge < -0.3 is 14.7 Å². The number of nitrogens with one attached hydrogen (secondary N) is 1. The SMILES string of the molecule is CN(CC(C)(O)C(F)(F)F)C(=O)Nc1cnc(Oc2cc(F)ccc2F)cn1. The molecule has 2 N–H and O–H groups in total. The fourth-order valence-corrected chi connectivity index (χ4v) is 1.93. The summed E-state index contributed by atoms with van der Waals surface area (Å²) in [5, 5.41) is 11.6. The zero-order valence-corrected chi connectivity index (χ0v) is 14.6. The quantitative estimate of drug-likeness (QED) is 0.744. The van der Waals surface area contributed by atoms with Crippen LogP contribution in [0.5, 0.6) is 11.6 Å². The second-order valence-corrected chi connectivity index (χ2v) is 5.97. The highest BCUT2D eigenvalue weighted by Crippen LogP contribution is 2.30. The Labute approximate surface area is 155 Å². The summed E-state index contributed by atoms with van der Waals surface area (Å²) >= 11 is 0. The summed E-state index contributed by atoms with van der Waals surface area (Å²) in [6.07, 6.45) is -2.93. The van der Waals surface area contributed by atoms with Crippen molar-refractivity contribution in [3.8, 4) is 11.6 Å². The van der Waals surface area contributed by atoms with Gasteiger partial charge in [-0.3, -0.25) is 5.32 Å². The summed E-state index contributed by atoms with van der Waals surface area (Å²) in [5.41, 5.74) is -3.10. The molecule has 152 valence electrons. The first-order valence-corrected chi connectivity index (χ1v) is 7.65. The summed E-state index contributed by atoms with van der Waals surface area (Å²) in [7, 11) is 1.05. The van der Waals surface area contributed by atoms with E-state index in [1.165, 1.54) is 0 Å². The molecule has 12 heteroatoms. The van der Waals surface area contributed by atoms with Gasteiger partial charge in [-0.2, -0.15) is 13.2 Å². The number of likely N-dealkylation sites (N-methyl/N-ethyl adjacent to an activating group) is 1. The number of nitrogens with zero attached hydrogens (tertiary/aromatic N) is 3. The predicted molar refractivity (Wildman–Crippen MR) is 86.8 cm³/mol. The minimum absolute atomic E-state index is 0.143. The Kier molecular flexibility index (Phi) is 6.02. The summed E-state index contributed by atoms with van der Waals surface area (Å²) in [4.78, 5) is 20.0.